The molecular weight excluding hydrogens is 224 g/mol. The minimum atomic E-state index is -0.181. The SMILES string of the molecule is Cc1cc(C(C)(C)C)ccc1CNCC(N)CO. The maximum Gasteiger partial charge on any atom is 0.0594 e. The van der Waals surface area contributed by atoms with Crippen LogP contribution in [0.15, 0.2) is 18.2 Å². The Balaban J connectivity index is 2.63. The van der Waals surface area contributed by atoms with Crippen molar-refractivity contribution in [3.8, 4) is 0 Å². The Labute approximate surface area is 110 Å². The van der Waals surface area contributed by atoms with E-state index in [-0.39, 0.29) is 18.1 Å². The highest BCUT2D eigenvalue weighted by Crippen LogP contribution is 2.24. The molecule has 0 heterocycles. The molecule has 0 radical (unpaired) electrons. The zero-order valence-corrected chi connectivity index (χ0v) is 12.0. The van der Waals surface area contributed by atoms with Gasteiger partial charge in [0.15, 0.2) is 0 Å². The number of aliphatic hydroxyl groups is 1. The smallest absolute Gasteiger partial charge is 0.0594 e. The molecule has 0 saturated heterocycles. The third-order valence-electron chi connectivity index (χ3n) is 3.17. The number of hydrogen-bond donors (Lipinski definition) is 3. The lowest BCUT2D eigenvalue weighted by Gasteiger charge is -2.21. The molecule has 0 spiro atoms. The lowest BCUT2D eigenvalue weighted by atomic mass is 9.85. The average Bonchev–Trinajstić information content (AvgIpc) is 2.29. The van der Waals surface area contributed by atoms with E-state index in [4.69, 9.17) is 10.8 Å². The van der Waals surface area contributed by atoms with Crippen LogP contribution < -0.4 is 11.1 Å². The van der Waals surface area contributed by atoms with Gasteiger partial charge in [-0.2, -0.15) is 0 Å². The molecule has 3 heteroatoms. The van der Waals surface area contributed by atoms with Crippen molar-refractivity contribution in [3.63, 3.8) is 0 Å². The van der Waals surface area contributed by atoms with Crippen molar-refractivity contribution in [2.75, 3.05) is 13.2 Å². The molecule has 0 aliphatic heterocycles. The molecule has 0 aromatic heterocycles. The van der Waals surface area contributed by atoms with Gasteiger partial charge in [0.2, 0.25) is 0 Å². The Morgan fingerprint density at radius 2 is 2.00 bits per heavy atom. The Morgan fingerprint density at radius 1 is 1.33 bits per heavy atom. The van der Waals surface area contributed by atoms with Crippen molar-refractivity contribution in [2.45, 2.75) is 45.7 Å². The van der Waals surface area contributed by atoms with Gasteiger partial charge in [-0.3, -0.25) is 0 Å². The fraction of sp³-hybridized carbons (Fsp3) is 0.600. The Kier molecular flexibility index (Phi) is 5.32. The van der Waals surface area contributed by atoms with E-state index < -0.39 is 0 Å². The van der Waals surface area contributed by atoms with E-state index >= 15 is 0 Å². The van der Waals surface area contributed by atoms with Crippen LogP contribution in [-0.4, -0.2) is 24.3 Å². The quantitative estimate of drug-likeness (QED) is 0.745. The van der Waals surface area contributed by atoms with Crippen LogP contribution in [0.5, 0.6) is 0 Å². The van der Waals surface area contributed by atoms with Gasteiger partial charge in [0, 0.05) is 19.1 Å². The molecule has 0 amide bonds. The normalized spacial score (nSPS) is 13.7. The first-order chi connectivity index (χ1) is 8.34. The fourth-order valence-corrected chi connectivity index (χ4v) is 1.82. The van der Waals surface area contributed by atoms with Crippen LogP contribution in [0.3, 0.4) is 0 Å². The van der Waals surface area contributed by atoms with E-state index in [2.05, 4.69) is 51.2 Å². The zero-order chi connectivity index (χ0) is 13.8. The number of aryl methyl sites for hydroxylation is 1. The van der Waals surface area contributed by atoms with Gasteiger partial charge in [0.25, 0.3) is 0 Å². The lowest BCUT2D eigenvalue weighted by Crippen LogP contribution is -2.36. The van der Waals surface area contributed by atoms with Gasteiger partial charge in [-0.25, -0.2) is 0 Å². The van der Waals surface area contributed by atoms with Crippen molar-refractivity contribution < 1.29 is 5.11 Å². The summed E-state index contributed by atoms with van der Waals surface area (Å²) in [5, 5.41) is 12.1. The molecule has 0 aliphatic carbocycles. The molecule has 0 bridgehead atoms. The van der Waals surface area contributed by atoms with Crippen LogP contribution in [0.1, 0.15) is 37.5 Å². The van der Waals surface area contributed by atoms with Gasteiger partial charge in [-0.05, 0) is 29.0 Å². The maximum absolute atomic E-state index is 8.85. The lowest BCUT2D eigenvalue weighted by molar-refractivity contribution is 0.262. The van der Waals surface area contributed by atoms with Crippen molar-refractivity contribution in [1.82, 2.24) is 5.32 Å². The molecule has 0 fully saturated rings. The molecule has 1 atom stereocenters. The van der Waals surface area contributed by atoms with Crippen molar-refractivity contribution in [3.05, 3.63) is 34.9 Å². The van der Waals surface area contributed by atoms with E-state index in [0.29, 0.717) is 6.54 Å². The maximum atomic E-state index is 8.85. The summed E-state index contributed by atoms with van der Waals surface area (Å²) in [7, 11) is 0. The fourth-order valence-electron chi connectivity index (χ4n) is 1.82. The third-order valence-corrected chi connectivity index (χ3v) is 3.17. The van der Waals surface area contributed by atoms with E-state index in [1.54, 1.807) is 0 Å². The minimum Gasteiger partial charge on any atom is -0.395 e. The second-order valence-electron chi connectivity index (χ2n) is 5.96. The van der Waals surface area contributed by atoms with Crippen molar-refractivity contribution in [1.29, 1.82) is 0 Å². The second-order valence-corrected chi connectivity index (χ2v) is 5.96. The van der Waals surface area contributed by atoms with Crippen molar-refractivity contribution >= 4 is 0 Å². The summed E-state index contributed by atoms with van der Waals surface area (Å²) in [4.78, 5) is 0. The predicted molar refractivity (Wildman–Crippen MR) is 76.6 cm³/mol. The summed E-state index contributed by atoms with van der Waals surface area (Å²) in [6, 6.07) is 6.44. The van der Waals surface area contributed by atoms with E-state index in [1.165, 1.54) is 16.7 Å². The van der Waals surface area contributed by atoms with Gasteiger partial charge in [-0.15, -0.1) is 0 Å². The molecule has 1 unspecified atom stereocenters. The van der Waals surface area contributed by atoms with Gasteiger partial charge in [0.05, 0.1) is 6.61 Å². The standard InChI is InChI=1S/C15H26N2O/c1-11-7-13(15(2,3)4)6-5-12(11)8-17-9-14(16)10-18/h5-7,14,17-18H,8-10,16H2,1-4H3. The molecule has 0 saturated carbocycles. The molecule has 1 aromatic carbocycles. The van der Waals surface area contributed by atoms with Crippen LogP contribution in [0, 0.1) is 6.92 Å². The highest BCUT2D eigenvalue weighted by molar-refractivity contribution is 5.34. The molecule has 18 heavy (non-hydrogen) atoms. The minimum absolute atomic E-state index is 0.0228. The summed E-state index contributed by atoms with van der Waals surface area (Å²) < 4.78 is 0. The zero-order valence-electron chi connectivity index (χ0n) is 12.0. The summed E-state index contributed by atoms with van der Waals surface area (Å²) in [6.07, 6.45) is 0. The molecule has 1 rings (SSSR count). The van der Waals surface area contributed by atoms with Crippen molar-refractivity contribution in [2.24, 2.45) is 5.73 Å². The van der Waals surface area contributed by atoms with Gasteiger partial charge in [0.1, 0.15) is 0 Å². The molecular formula is C15H26N2O. The summed E-state index contributed by atoms with van der Waals surface area (Å²) in [6.45, 7) is 10.3. The topological polar surface area (TPSA) is 58.3 Å². The van der Waals surface area contributed by atoms with Crippen LogP contribution in [0.25, 0.3) is 0 Å². The predicted octanol–water partition coefficient (Wildman–Crippen LogP) is 1.70. The number of nitrogens with two attached hydrogens (primary N) is 1. The summed E-state index contributed by atoms with van der Waals surface area (Å²) in [5.41, 5.74) is 9.78. The highest BCUT2D eigenvalue weighted by Gasteiger charge is 2.14. The Bertz CT molecular complexity index is 383. The Morgan fingerprint density at radius 3 is 2.50 bits per heavy atom. The molecule has 1 aromatic rings. The van der Waals surface area contributed by atoms with Gasteiger partial charge < -0.3 is 16.2 Å². The average molecular weight is 250 g/mol. The first-order valence-electron chi connectivity index (χ1n) is 6.51. The molecule has 4 N–H and O–H groups in total. The number of rotatable bonds is 5. The van der Waals surface area contributed by atoms with Gasteiger partial charge >= 0.3 is 0 Å². The Hall–Kier alpha value is -0.900. The van der Waals surface area contributed by atoms with Crippen LogP contribution in [0.2, 0.25) is 0 Å². The second kappa shape index (κ2) is 6.32. The van der Waals surface area contributed by atoms with E-state index in [1.807, 2.05) is 0 Å². The number of nitrogens with one attached hydrogen (secondary N) is 1. The van der Waals surface area contributed by atoms with Gasteiger partial charge in [-0.1, -0.05) is 39.0 Å². The monoisotopic (exact) mass is 250 g/mol. The van der Waals surface area contributed by atoms with E-state index in [0.717, 1.165) is 6.54 Å². The summed E-state index contributed by atoms with van der Waals surface area (Å²) in [5.74, 6) is 0. The van der Waals surface area contributed by atoms with Crippen LogP contribution >= 0.6 is 0 Å². The number of benzene rings is 1. The summed E-state index contributed by atoms with van der Waals surface area (Å²) >= 11 is 0. The first kappa shape index (κ1) is 15.2. The largest absolute Gasteiger partial charge is 0.395 e. The molecule has 3 nitrogen and oxygen atoms in total. The third kappa shape index (κ3) is 4.41. The number of aliphatic hydroxyl groups excluding tert-OH is 1. The van der Waals surface area contributed by atoms with E-state index in [9.17, 15) is 0 Å². The first-order valence-corrected chi connectivity index (χ1v) is 6.51. The highest BCUT2D eigenvalue weighted by atomic mass is 16.3. The van der Waals surface area contributed by atoms with Crippen LogP contribution in [-0.2, 0) is 12.0 Å². The number of hydrogen-bond acceptors (Lipinski definition) is 3. The molecule has 102 valence electrons. The molecule has 0 aliphatic rings. The van der Waals surface area contributed by atoms with Crippen LogP contribution in [0.4, 0.5) is 0 Å².